The summed E-state index contributed by atoms with van der Waals surface area (Å²) in [5.41, 5.74) is 0. The van der Waals surface area contributed by atoms with Crippen LogP contribution in [0.5, 0.6) is 0 Å². The topological polar surface area (TPSA) is 15.3 Å². The van der Waals surface area contributed by atoms with Crippen molar-refractivity contribution >= 4 is 0 Å². The number of rotatable bonds is 7. The van der Waals surface area contributed by atoms with E-state index >= 15 is 0 Å². The maximum absolute atomic E-state index is 12.6. The van der Waals surface area contributed by atoms with Gasteiger partial charge >= 0.3 is 0 Å². The van der Waals surface area contributed by atoms with Gasteiger partial charge in [0.25, 0.3) is 0 Å². The van der Waals surface area contributed by atoms with Crippen LogP contribution in [0.25, 0.3) is 0 Å². The van der Waals surface area contributed by atoms with Crippen LogP contribution in [0.2, 0.25) is 0 Å². The first-order valence-corrected chi connectivity index (χ1v) is 6.61. The fourth-order valence-corrected chi connectivity index (χ4v) is 2.05. The van der Waals surface area contributed by atoms with E-state index in [1.165, 1.54) is 0 Å². The molecule has 0 aromatic heterocycles. The molecule has 0 radical (unpaired) electrons. The van der Waals surface area contributed by atoms with Crippen LogP contribution in [0.4, 0.5) is 8.78 Å². The molecule has 0 aromatic carbocycles. The third-order valence-corrected chi connectivity index (χ3v) is 3.73. The van der Waals surface area contributed by atoms with Gasteiger partial charge in [-0.15, -0.1) is 0 Å². The number of hydrogen-bond donors (Lipinski definition) is 1. The number of alkyl halides is 2. The monoisotopic (exact) mass is 248 g/mol. The second-order valence-corrected chi connectivity index (χ2v) is 5.80. The van der Waals surface area contributed by atoms with Gasteiger partial charge in [-0.3, -0.25) is 0 Å². The van der Waals surface area contributed by atoms with Crippen LogP contribution < -0.4 is 5.32 Å². The molecule has 1 aliphatic rings. The molecule has 0 amide bonds. The highest BCUT2D eigenvalue weighted by Crippen LogP contribution is 2.41. The van der Waals surface area contributed by atoms with Gasteiger partial charge in [0.2, 0.25) is 5.92 Å². The van der Waals surface area contributed by atoms with E-state index in [-0.39, 0.29) is 18.8 Å². The number of nitrogens with zero attached hydrogens (tertiary/aromatic N) is 1. The molecule has 0 aromatic rings. The zero-order valence-corrected chi connectivity index (χ0v) is 11.5. The molecule has 102 valence electrons. The maximum atomic E-state index is 12.6. The first-order chi connectivity index (χ1) is 7.80. The van der Waals surface area contributed by atoms with Crippen molar-refractivity contribution in [1.82, 2.24) is 10.2 Å². The Bertz CT molecular complexity index is 223. The zero-order chi connectivity index (χ0) is 13.1. The highest BCUT2D eigenvalue weighted by atomic mass is 19.3. The van der Waals surface area contributed by atoms with Crippen molar-refractivity contribution in [1.29, 1.82) is 0 Å². The smallest absolute Gasteiger partial charge is 0.248 e. The Kier molecular flexibility index (Phi) is 5.32. The largest absolute Gasteiger partial charge is 0.314 e. The molecule has 2 nitrogen and oxygen atoms in total. The summed E-state index contributed by atoms with van der Waals surface area (Å²) in [5, 5.41) is 3.36. The Morgan fingerprint density at radius 2 is 1.88 bits per heavy atom. The molecule has 1 saturated carbocycles. The summed E-state index contributed by atoms with van der Waals surface area (Å²) in [4.78, 5) is 2.30. The molecule has 0 bridgehead atoms. The third kappa shape index (κ3) is 5.30. The van der Waals surface area contributed by atoms with E-state index < -0.39 is 5.92 Å². The molecule has 1 unspecified atom stereocenters. The summed E-state index contributed by atoms with van der Waals surface area (Å²) in [6.45, 7) is 8.27. The lowest BCUT2D eigenvalue weighted by atomic mass is 9.81. The van der Waals surface area contributed by atoms with Crippen LogP contribution in [0.15, 0.2) is 0 Å². The minimum absolute atomic E-state index is 0.0681. The quantitative estimate of drug-likeness (QED) is 0.745. The third-order valence-electron chi connectivity index (χ3n) is 3.73. The van der Waals surface area contributed by atoms with Gasteiger partial charge in [0.1, 0.15) is 0 Å². The lowest BCUT2D eigenvalue weighted by Crippen LogP contribution is -2.43. The van der Waals surface area contributed by atoms with Crippen molar-refractivity contribution < 1.29 is 8.78 Å². The van der Waals surface area contributed by atoms with Gasteiger partial charge in [0.05, 0.1) is 0 Å². The standard InChI is InChI=1S/C13H26F2N2/c1-10(2)17(4)6-5-11(3)16-9-12-7-13(14,15)8-12/h10-12,16H,5-9H2,1-4H3. The first kappa shape index (κ1) is 14.8. The Morgan fingerprint density at radius 1 is 1.29 bits per heavy atom. The normalized spacial score (nSPS) is 21.9. The molecule has 4 heteroatoms. The minimum atomic E-state index is -2.38. The molecular weight excluding hydrogens is 222 g/mol. The molecule has 1 N–H and O–H groups in total. The highest BCUT2D eigenvalue weighted by molar-refractivity contribution is 4.87. The summed E-state index contributed by atoms with van der Waals surface area (Å²) in [5.74, 6) is -2.21. The van der Waals surface area contributed by atoms with Gasteiger partial charge in [-0.05, 0) is 53.2 Å². The Balaban J connectivity index is 2.04. The maximum Gasteiger partial charge on any atom is 0.248 e. The van der Waals surface area contributed by atoms with E-state index in [9.17, 15) is 8.78 Å². The van der Waals surface area contributed by atoms with Crippen molar-refractivity contribution in [2.75, 3.05) is 20.1 Å². The Labute approximate surface area is 104 Å². The predicted molar refractivity (Wildman–Crippen MR) is 67.5 cm³/mol. The van der Waals surface area contributed by atoms with Crippen LogP contribution in [-0.4, -0.2) is 43.0 Å². The summed E-state index contributed by atoms with van der Waals surface area (Å²) >= 11 is 0. The van der Waals surface area contributed by atoms with Gasteiger partial charge in [-0.1, -0.05) is 0 Å². The molecule has 0 saturated heterocycles. The Hall–Kier alpha value is -0.220. The molecule has 1 fully saturated rings. The summed E-state index contributed by atoms with van der Waals surface area (Å²) in [7, 11) is 2.11. The van der Waals surface area contributed by atoms with E-state index in [2.05, 4.69) is 38.0 Å². The van der Waals surface area contributed by atoms with E-state index in [0.29, 0.717) is 12.1 Å². The van der Waals surface area contributed by atoms with E-state index in [1.54, 1.807) is 0 Å². The predicted octanol–water partition coefficient (Wildman–Crippen LogP) is 2.74. The lowest BCUT2D eigenvalue weighted by molar-refractivity contribution is -0.109. The second-order valence-electron chi connectivity index (χ2n) is 5.80. The van der Waals surface area contributed by atoms with Crippen molar-refractivity contribution in [2.24, 2.45) is 5.92 Å². The van der Waals surface area contributed by atoms with Crippen LogP contribution in [0, 0.1) is 5.92 Å². The molecule has 0 aliphatic heterocycles. The van der Waals surface area contributed by atoms with Crippen molar-refractivity contribution in [3.05, 3.63) is 0 Å². The van der Waals surface area contributed by atoms with Crippen LogP contribution in [0.1, 0.15) is 40.0 Å². The van der Waals surface area contributed by atoms with E-state index in [1.807, 2.05) is 0 Å². The highest BCUT2D eigenvalue weighted by Gasteiger charge is 2.44. The second kappa shape index (κ2) is 6.10. The van der Waals surface area contributed by atoms with E-state index in [4.69, 9.17) is 0 Å². The van der Waals surface area contributed by atoms with Gasteiger partial charge in [0, 0.05) is 24.9 Å². The average Bonchev–Trinajstić information content (AvgIpc) is 2.19. The van der Waals surface area contributed by atoms with Gasteiger partial charge in [-0.25, -0.2) is 8.78 Å². The van der Waals surface area contributed by atoms with Gasteiger partial charge in [0.15, 0.2) is 0 Å². The summed E-state index contributed by atoms with van der Waals surface area (Å²) in [6.07, 6.45) is 1.20. The molecule has 0 heterocycles. The number of halogens is 2. The zero-order valence-electron chi connectivity index (χ0n) is 11.5. The lowest BCUT2D eigenvalue weighted by Gasteiger charge is -2.35. The molecule has 1 rings (SSSR count). The summed E-state index contributed by atoms with van der Waals surface area (Å²) < 4.78 is 25.2. The molecule has 1 aliphatic carbocycles. The Morgan fingerprint density at radius 3 is 2.35 bits per heavy atom. The van der Waals surface area contributed by atoms with Crippen LogP contribution >= 0.6 is 0 Å². The fourth-order valence-electron chi connectivity index (χ4n) is 2.05. The fraction of sp³-hybridized carbons (Fsp3) is 1.00. The molecule has 1 atom stereocenters. The van der Waals surface area contributed by atoms with Crippen molar-refractivity contribution in [2.45, 2.75) is 58.0 Å². The molecule has 17 heavy (non-hydrogen) atoms. The number of hydrogen-bond acceptors (Lipinski definition) is 2. The van der Waals surface area contributed by atoms with Gasteiger partial charge < -0.3 is 10.2 Å². The van der Waals surface area contributed by atoms with Crippen molar-refractivity contribution in [3.63, 3.8) is 0 Å². The molecule has 0 spiro atoms. The first-order valence-electron chi connectivity index (χ1n) is 6.61. The van der Waals surface area contributed by atoms with Crippen LogP contribution in [-0.2, 0) is 0 Å². The van der Waals surface area contributed by atoms with Crippen LogP contribution in [0.3, 0.4) is 0 Å². The molecular formula is C13H26F2N2. The summed E-state index contributed by atoms with van der Waals surface area (Å²) in [6, 6.07) is 0.970. The number of nitrogens with one attached hydrogen (secondary N) is 1. The SMILES string of the molecule is CC(CCN(C)C(C)C)NCC1CC(F)(F)C1. The minimum Gasteiger partial charge on any atom is -0.314 e. The van der Waals surface area contributed by atoms with Gasteiger partial charge in [-0.2, -0.15) is 0 Å². The van der Waals surface area contributed by atoms with E-state index in [0.717, 1.165) is 19.5 Å². The van der Waals surface area contributed by atoms with Crippen molar-refractivity contribution in [3.8, 4) is 0 Å². The average molecular weight is 248 g/mol.